The maximum Gasteiger partial charge on any atom is 0.303 e. The van der Waals surface area contributed by atoms with Crippen LogP contribution in [-0.2, 0) is 14.3 Å². The molecule has 2 aliphatic rings. The molecule has 2 unspecified atom stereocenters. The fraction of sp³-hybridized carbons (Fsp3) is 0.600. The van der Waals surface area contributed by atoms with Crippen molar-refractivity contribution in [2.45, 2.75) is 70.5 Å². The van der Waals surface area contributed by atoms with Crippen LogP contribution in [0.1, 0.15) is 58.3 Å². The molecule has 0 aromatic rings. The maximum atomic E-state index is 12.0. The average molecular weight is 332 g/mol. The molecule has 132 valence electrons. The third-order valence-electron chi connectivity index (χ3n) is 4.54. The van der Waals surface area contributed by atoms with E-state index in [0.717, 1.165) is 24.8 Å². The van der Waals surface area contributed by atoms with Gasteiger partial charge in [0, 0.05) is 17.9 Å². The van der Waals surface area contributed by atoms with Crippen LogP contribution in [-0.4, -0.2) is 29.1 Å². The molecule has 1 N–H and O–H groups in total. The van der Waals surface area contributed by atoms with Crippen LogP contribution in [0.25, 0.3) is 0 Å². The highest BCUT2D eigenvalue weighted by molar-refractivity contribution is 6.07. The first-order valence-electron chi connectivity index (χ1n) is 9.08. The lowest BCUT2D eigenvalue weighted by Gasteiger charge is -2.06. The predicted octanol–water partition coefficient (Wildman–Crippen LogP) is 4.22. The lowest BCUT2D eigenvalue weighted by Crippen LogP contribution is -2.05. The van der Waals surface area contributed by atoms with Crippen molar-refractivity contribution >= 4 is 11.8 Å². The van der Waals surface area contributed by atoms with Crippen LogP contribution >= 0.6 is 0 Å². The van der Waals surface area contributed by atoms with Gasteiger partial charge in [0.15, 0.2) is 5.78 Å². The summed E-state index contributed by atoms with van der Waals surface area (Å²) in [4.78, 5) is 22.5. The molecule has 0 bridgehead atoms. The topological polar surface area (TPSA) is 66.9 Å². The van der Waals surface area contributed by atoms with Gasteiger partial charge >= 0.3 is 5.97 Å². The Morgan fingerprint density at radius 3 is 2.88 bits per heavy atom. The molecule has 3 atom stereocenters. The number of ether oxygens (including phenoxy) is 1. The largest absolute Gasteiger partial charge is 0.481 e. The van der Waals surface area contributed by atoms with Gasteiger partial charge in [-0.05, 0) is 44.3 Å². The van der Waals surface area contributed by atoms with Gasteiger partial charge in [-0.25, -0.2) is 0 Å². The fourth-order valence-electron chi connectivity index (χ4n) is 3.04. The molecule has 0 aromatic carbocycles. The highest BCUT2D eigenvalue weighted by atomic mass is 16.6. The van der Waals surface area contributed by atoms with Crippen molar-refractivity contribution in [2.24, 2.45) is 5.92 Å². The van der Waals surface area contributed by atoms with Crippen molar-refractivity contribution < 1.29 is 19.4 Å². The number of carboxylic acids is 1. The summed E-state index contributed by atoms with van der Waals surface area (Å²) in [6.45, 7) is 2.20. The molecular formula is C20H28O4. The quantitative estimate of drug-likeness (QED) is 0.266. The van der Waals surface area contributed by atoms with Crippen LogP contribution in [0.4, 0.5) is 0 Å². The van der Waals surface area contributed by atoms with E-state index in [1.807, 2.05) is 12.2 Å². The minimum Gasteiger partial charge on any atom is -0.481 e. The molecule has 1 saturated heterocycles. The molecule has 0 amide bonds. The Kier molecular flexibility index (Phi) is 7.44. The number of epoxide rings is 1. The van der Waals surface area contributed by atoms with Crippen molar-refractivity contribution in [3.05, 3.63) is 36.0 Å². The third-order valence-corrected chi connectivity index (χ3v) is 4.54. The zero-order valence-corrected chi connectivity index (χ0v) is 14.4. The summed E-state index contributed by atoms with van der Waals surface area (Å²) < 4.78 is 5.56. The molecule has 2 rings (SSSR count). The number of aliphatic carboxylic acids is 1. The fourth-order valence-corrected chi connectivity index (χ4v) is 3.04. The Hall–Kier alpha value is -1.68. The van der Waals surface area contributed by atoms with Crippen LogP contribution in [0, 0.1) is 5.92 Å². The summed E-state index contributed by atoms with van der Waals surface area (Å²) >= 11 is 0. The second kappa shape index (κ2) is 9.58. The summed E-state index contributed by atoms with van der Waals surface area (Å²) in [5, 5.41) is 8.65. The number of ketones is 1. The van der Waals surface area contributed by atoms with Crippen molar-refractivity contribution in [3.63, 3.8) is 0 Å². The number of hydrogen-bond donors (Lipinski definition) is 1. The van der Waals surface area contributed by atoms with Crippen LogP contribution in [0.3, 0.4) is 0 Å². The first-order valence-corrected chi connectivity index (χ1v) is 9.08. The highest BCUT2D eigenvalue weighted by Crippen LogP contribution is 2.33. The van der Waals surface area contributed by atoms with E-state index in [0.29, 0.717) is 6.42 Å². The van der Waals surface area contributed by atoms with Gasteiger partial charge in [-0.3, -0.25) is 9.59 Å². The van der Waals surface area contributed by atoms with Crippen LogP contribution in [0.15, 0.2) is 36.0 Å². The zero-order valence-electron chi connectivity index (χ0n) is 14.4. The van der Waals surface area contributed by atoms with Crippen molar-refractivity contribution in [2.75, 3.05) is 0 Å². The first kappa shape index (κ1) is 18.7. The van der Waals surface area contributed by atoms with E-state index in [4.69, 9.17) is 9.84 Å². The van der Waals surface area contributed by atoms with E-state index in [2.05, 4.69) is 19.1 Å². The molecule has 1 fully saturated rings. The Bertz CT molecular complexity index is 530. The van der Waals surface area contributed by atoms with Crippen molar-refractivity contribution in [3.8, 4) is 0 Å². The molecule has 24 heavy (non-hydrogen) atoms. The van der Waals surface area contributed by atoms with Crippen LogP contribution < -0.4 is 0 Å². The van der Waals surface area contributed by atoms with Gasteiger partial charge in [0.2, 0.25) is 0 Å². The highest BCUT2D eigenvalue weighted by Gasteiger charge is 2.38. The normalized spacial score (nSPS) is 27.5. The molecule has 4 heteroatoms. The van der Waals surface area contributed by atoms with Gasteiger partial charge in [0.25, 0.3) is 0 Å². The van der Waals surface area contributed by atoms with Crippen molar-refractivity contribution in [1.82, 2.24) is 0 Å². The van der Waals surface area contributed by atoms with Gasteiger partial charge in [0.05, 0.1) is 6.10 Å². The Labute approximate surface area is 144 Å². The lowest BCUT2D eigenvalue weighted by molar-refractivity contribution is -0.137. The van der Waals surface area contributed by atoms with Gasteiger partial charge < -0.3 is 9.84 Å². The Morgan fingerprint density at radius 1 is 1.29 bits per heavy atom. The number of carboxylic acid groups (broad SMARTS) is 1. The third kappa shape index (κ3) is 6.08. The summed E-state index contributed by atoms with van der Waals surface area (Å²) in [5.74, 6) is -0.533. The molecule has 1 heterocycles. The Morgan fingerprint density at radius 2 is 2.12 bits per heavy atom. The first-order chi connectivity index (χ1) is 11.6. The van der Waals surface area contributed by atoms with Gasteiger partial charge in [-0.15, -0.1) is 0 Å². The number of unbranched alkanes of at least 4 members (excludes halogenated alkanes) is 3. The van der Waals surface area contributed by atoms with E-state index in [-0.39, 0.29) is 30.3 Å². The molecule has 0 aromatic heterocycles. The monoisotopic (exact) mass is 332 g/mol. The van der Waals surface area contributed by atoms with E-state index in [1.165, 1.54) is 19.3 Å². The predicted molar refractivity (Wildman–Crippen MR) is 93.8 cm³/mol. The average Bonchev–Trinajstić information content (AvgIpc) is 3.19. The molecule has 4 nitrogen and oxygen atoms in total. The minimum atomic E-state index is -0.772. The molecule has 0 radical (unpaired) electrons. The van der Waals surface area contributed by atoms with Gasteiger partial charge in [-0.1, -0.05) is 38.0 Å². The molecule has 0 saturated carbocycles. The molecule has 1 aliphatic carbocycles. The van der Waals surface area contributed by atoms with E-state index in [1.54, 1.807) is 6.08 Å². The van der Waals surface area contributed by atoms with Gasteiger partial charge in [0.1, 0.15) is 6.10 Å². The lowest BCUT2D eigenvalue weighted by atomic mass is 9.96. The van der Waals surface area contributed by atoms with Crippen LogP contribution in [0.5, 0.6) is 0 Å². The van der Waals surface area contributed by atoms with E-state index < -0.39 is 5.97 Å². The van der Waals surface area contributed by atoms with E-state index >= 15 is 0 Å². The number of carbonyl (C=O) groups excluding carboxylic acids is 1. The Balaban J connectivity index is 1.76. The maximum absolute atomic E-state index is 12.0. The molecule has 0 spiro atoms. The van der Waals surface area contributed by atoms with Crippen molar-refractivity contribution in [1.29, 1.82) is 0 Å². The number of allylic oxidation sites excluding steroid dienone is 5. The molecule has 1 aliphatic heterocycles. The summed E-state index contributed by atoms with van der Waals surface area (Å²) in [6.07, 6.45) is 17.3. The smallest absolute Gasteiger partial charge is 0.303 e. The van der Waals surface area contributed by atoms with E-state index in [9.17, 15) is 9.59 Å². The summed E-state index contributed by atoms with van der Waals surface area (Å²) in [5.41, 5.74) is 0.832. The number of rotatable bonds is 11. The summed E-state index contributed by atoms with van der Waals surface area (Å²) in [7, 11) is 0. The second-order valence-electron chi connectivity index (χ2n) is 6.58. The summed E-state index contributed by atoms with van der Waals surface area (Å²) in [6, 6.07) is 0. The minimum absolute atomic E-state index is 0.0197. The number of carbonyl (C=O) groups is 2. The van der Waals surface area contributed by atoms with Crippen LogP contribution in [0.2, 0.25) is 0 Å². The van der Waals surface area contributed by atoms with Gasteiger partial charge in [-0.2, -0.15) is 0 Å². The SMILES string of the molecule is CCCCC/C=C\CC1C=CC(=O)/C1=C/[C@@H]1OC1CCCC(=O)O. The second-order valence-corrected chi connectivity index (χ2v) is 6.58. The number of hydrogen-bond acceptors (Lipinski definition) is 3. The standard InChI is InChI=1S/C20H28O4/c1-2-3-4-5-6-7-9-15-12-13-17(21)16(15)14-19-18(24-19)10-8-11-20(22)23/h6-7,12-15,18-19H,2-5,8-11H2,1H3,(H,22,23)/b7-6-,16-14+/t15?,18?,19-/m0/s1. The molecular weight excluding hydrogens is 304 g/mol. The zero-order chi connectivity index (χ0) is 17.4.